The molecule has 0 aliphatic heterocycles. The second kappa shape index (κ2) is 6.27. The van der Waals surface area contributed by atoms with E-state index in [4.69, 9.17) is 4.42 Å². The number of carbonyl (C=O) groups is 1. The van der Waals surface area contributed by atoms with E-state index in [1.807, 2.05) is 19.2 Å². The van der Waals surface area contributed by atoms with E-state index < -0.39 is 0 Å². The minimum Gasteiger partial charge on any atom is -0.469 e. The molecular weight excluding hydrogens is 190 g/mol. The molecule has 0 radical (unpaired) electrons. The zero-order valence-electron chi connectivity index (χ0n) is 9.53. The Bertz CT molecular complexity index is 280. The van der Waals surface area contributed by atoms with E-state index in [0.29, 0.717) is 6.42 Å². The van der Waals surface area contributed by atoms with Crippen LogP contribution < -0.4 is 0 Å². The molecule has 0 aliphatic rings. The molecule has 0 spiro atoms. The molecule has 0 unspecified atom stereocenters. The number of unbranched alkanes of at least 4 members (excludes halogenated alkanes) is 1. The minimum absolute atomic E-state index is 0.225. The van der Waals surface area contributed by atoms with Gasteiger partial charge in [0, 0.05) is 26.4 Å². The molecule has 84 valence electrons. The van der Waals surface area contributed by atoms with E-state index in [2.05, 4.69) is 6.92 Å². The van der Waals surface area contributed by atoms with Gasteiger partial charge in [0.05, 0.1) is 6.26 Å². The summed E-state index contributed by atoms with van der Waals surface area (Å²) in [6.07, 6.45) is 5.16. The normalized spacial score (nSPS) is 10.3. The Morgan fingerprint density at radius 1 is 1.53 bits per heavy atom. The van der Waals surface area contributed by atoms with Crippen LogP contribution in [0.25, 0.3) is 0 Å². The van der Waals surface area contributed by atoms with Crippen LogP contribution in [0.2, 0.25) is 0 Å². The SMILES string of the molecule is CCCCC(=O)N(C)CCc1ccco1. The molecule has 0 aliphatic carbocycles. The van der Waals surface area contributed by atoms with Crippen LogP contribution in [0.3, 0.4) is 0 Å². The lowest BCUT2D eigenvalue weighted by atomic mass is 10.2. The van der Waals surface area contributed by atoms with E-state index >= 15 is 0 Å². The zero-order chi connectivity index (χ0) is 11.1. The molecule has 3 heteroatoms. The smallest absolute Gasteiger partial charge is 0.222 e. The lowest BCUT2D eigenvalue weighted by Crippen LogP contribution is -2.28. The summed E-state index contributed by atoms with van der Waals surface area (Å²) in [7, 11) is 1.85. The Hall–Kier alpha value is -1.25. The molecule has 1 amide bonds. The summed E-state index contributed by atoms with van der Waals surface area (Å²) in [5, 5.41) is 0. The topological polar surface area (TPSA) is 33.5 Å². The first-order chi connectivity index (χ1) is 7.24. The molecule has 1 rings (SSSR count). The average Bonchev–Trinajstić information content (AvgIpc) is 2.75. The highest BCUT2D eigenvalue weighted by atomic mass is 16.3. The molecule has 0 fully saturated rings. The van der Waals surface area contributed by atoms with E-state index in [9.17, 15) is 4.79 Å². The lowest BCUT2D eigenvalue weighted by Gasteiger charge is -2.16. The van der Waals surface area contributed by atoms with Gasteiger partial charge in [-0.2, -0.15) is 0 Å². The number of nitrogens with zero attached hydrogens (tertiary/aromatic N) is 1. The highest BCUT2D eigenvalue weighted by Gasteiger charge is 2.08. The van der Waals surface area contributed by atoms with Gasteiger partial charge in [-0.15, -0.1) is 0 Å². The van der Waals surface area contributed by atoms with Gasteiger partial charge in [-0.05, 0) is 18.6 Å². The van der Waals surface area contributed by atoms with Gasteiger partial charge in [0.1, 0.15) is 5.76 Å². The number of likely N-dealkylation sites (N-methyl/N-ethyl adjacent to an activating group) is 1. The predicted molar refractivity (Wildman–Crippen MR) is 59.6 cm³/mol. The fourth-order valence-corrected chi connectivity index (χ4v) is 1.38. The first-order valence-corrected chi connectivity index (χ1v) is 5.50. The third-order valence-corrected chi connectivity index (χ3v) is 2.44. The maximum atomic E-state index is 11.6. The molecule has 1 aromatic heterocycles. The molecule has 0 atom stereocenters. The molecule has 0 N–H and O–H groups in total. The van der Waals surface area contributed by atoms with Crippen molar-refractivity contribution in [2.45, 2.75) is 32.6 Å². The van der Waals surface area contributed by atoms with Crippen LogP contribution >= 0.6 is 0 Å². The van der Waals surface area contributed by atoms with Crippen LogP contribution in [-0.4, -0.2) is 24.4 Å². The van der Waals surface area contributed by atoms with Gasteiger partial charge in [0.15, 0.2) is 0 Å². The molecule has 1 aromatic rings. The number of hydrogen-bond acceptors (Lipinski definition) is 2. The molecule has 0 saturated carbocycles. The first kappa shape index (κ1) is 11.8. The Labute approximate surface area is 91.1 Å². The maximum Gasteiger partial charge on any atom is 0.222 e. The summed E-state index contributed by atoms with van der Waals surface area (Å²) < 4.78 is 5.21. The molecule has 0 bridgehead atoms. The van der Waals surface area contributed by atoms with Gasteiger partial charge in [-0.25, -0.2) is 0 Å². The Morgan fingerprint density at radius 3 is 2.93 bits per heavy atom. The largest absolute Gasteiger partial charge is 0.469 e. The number of amides is 1. The van der Waals surface area contributed by atoms with E-state index in [1.54, 1.807) is 11.2 Å². The van der Waals surface area contributed by atoms with E-state index in [0.717, 1.165) is 31.6 Å². The highest BCUT2D eigenvalue weighted by molar-refractivity contribution is 5.75. The summed E-state index contributed by atoms with van der Waals surface area (Å²) in [6, 6.07) is 3.80. The van der Waals surface area contributed by atoms with Crippen molar-refractivity contribution < 1.29 is 9.21 Å². The van der Waals surface area contributed by atoms with Crippen LogP contribution in [0.5, 0.6) is 0 Å². The van der Waals surface area contributed by atoms with Crippen LogP contribution in [-0.2, 0) is 11.2 Å². The summed E-state index contributed by atoms with van der Waals surface area (Å²) >= 11 is 0. The van der Waals surface area contributed by atoms with Gasteiger partial charge in [-0.3, -0.25) is 4.79 Å². The summed E-state index contributed by atoms with van der Waals surface area (Å²) in [5.74, 6) is 1.16. The molecular formula is C12H19NO2. The van der Waals surface area contributed by atoms with Crippen LogP contribution in [0.1, 0.15) is 31.9 Å². The minimum atomic E-state index is 0.225. The second-order valence-electron chi connectivity index (χ2n) is 3.75. The van der Waals surface area contributed by atoms with E-state index in [1.165, 1.54) is 0 Å². The third-order valence-electron chi connectivity index (χ3n) is 2.44. The number of furan rings is 1. The molecule has 1 heterocycles. The van der Waals surface area contributed by atoms with Gasteiger partial charge in [0.2, 0.25) is 5.91 Å². The van der Waals surface area contributed by atoms with Crippen LogP contribution in [0.4, 0.5) is 0 Å². The monoisotopic (exact) mass is 209 g/mol. The fourth-order valence-electron chi connectivity index (χ4n) is 1.38. The van der Waals surface area contributed by atoms with Crippen molar-refractivity contribution >= 4 is 5.91 Å². The maximum absolute atomic E-state index is 11.6. The Morgan fingerprint density at radius 2 is 2.33 bits per heavy atom. The second-order valence-corrected chi connectivity index (χ2v) is 3.75. The van der Waals surface area contributed by atoms with Crippen molar-refractivity contribution in [3.63, 3.8) is 0 Å². The number of rotatable bonds is 6. The van der Waals surface area contributed by atoms with Crippen molar-refractivity contribution in [2.75, 3.05) is 13.6 Å². The van der Waals surface area contributed by atoms with Gasteiger partial charge < -0.3 is 9.32 Å². The van der Waals surface area contributed by atoms with Crippen LogP contribution in [0.15, 0.2) is 22.8 Å². The predicted octanol–water partition coefficient (Wildman–Crippen LogP) is 2.47. The summed E-state index contributed by atoms with van der Waals surface area (Å²) in [4.78, 5) is 13.3. The van der Waals surface area contributed by atoms with Gasteiger partial charge in [-0.1, -0.05) is 13.3 Å². The molecule has 15 heavy (non-hydrogen) atoms. The Balaban J connectivity index is 2.23. The lowest BCUT2D eigenvalue weighted by molar-refractivity contribution is -0.130. The zero-order valence-corrected chi connectivity index (χ0v) is 9.53. The van der Waals surface area contributed by atoms with E-state index in [-0.39, 0.29) is 5.91 Å². The molecule has 0 saturated heterocycles. The van der Waals surface area contributed by atoms with Crippen LogP contribution in [0, 0.1) is 0 Å². The highest BCUT2D eigenvalue weighted by Crippen LogP contribution is 2.03. The quantitative estimate of drug-likeness (QED) is 0.721. The first-order valence-electron chi connectivity index (χ1n) is 5.50. The van der Waals surface area contributed by atoms with Crippen molar-refractivity contribution in [1.29, 1.82) is 0 Å². The third kappa shape index (κ3) is 4.19. The summed E-state index contributed by atoms with van der Waals surface area (Å²) in [5.41, 5.74) is 0. The van der Waals surface area contributed by atoms with Crippen molar-refractivity contribution in [1.82, 2.24) is 4.90 Å². The van der Waals surface area contributed by atoms with Gasteiger partial charge in [0.25, 0.3) is 0 Å². The number of carbonyl (C=O) groups excluding carboxylic acids is 1. The van der Waals surface area contributed by atoms with Crippen molar-refractivity contribution in [3.8, 4) is 0 Å². The summed E-state index contributed by atoms with van der Waals surface area (Å²) in [6.45, 7) is 2.83. The molecule has 3 nitrogen and oxygen atoms in total. The van der Waals surface area contributed by atoms with Gasteiger partial charge >= 0.3 is 0 Å². The average molecular weight is 209 g/mol. The standard InChI is InChI=1S/C12H19NO2/c1-3-4-7-12(14)13(2)9-8-11-6-5-10-15-11/h5-6,10H,3-4,7-9H2,1-2H3. The Kier molecular flexibility index (Phi) is 4.95. The fraction of sp³-hybridized carbons (Fsp3) is 0.583. The van der Waals surface area contributed by atoms with Crippen molar-refractivity contribution in [3.05, 3.63) is 24.2 Å². The molecule has 0 aromatic carbocycles. The number of hydrogen-bond donors (Lipinski definition) is 0. The van der Waals surface area contributed by atoms with Crippen molar-refractivity contribution in [2.24, 2.45) is 0 Å².